The van der Waals surface area contributed by atoms with Crippen LogP contribution in [0.2, 0.25) is 19.6 Å². The molecule has 12 aromatic rings. The topological polar surface area (TPSA) is 80.5 Å². The fourth-order valence-corrected chi connectivity index (χ4v) is 12.1. The molecule has 0 aliphatic carbocycles. The number of fused-ring (bicyclic) bond motifs is 7. The predicted octanol–water partition coefficient (Wildman–Crippen LogP) is 18.2. The Balaban J connectivity index is 0.000000227. The third-order valence-electron chi connectivity index (χ3n) is 14.5. The van der Waals surface area contributed by atoms with E-state index in [-0.39, 0.29) is 49.0 Å². The molecule has 0 unspecified atom stereocenters. The van der Waals surface area contributed by atoms with Crippen LogP contribution in [0, 0.1) is 36.1 Å². The zero-order chi connectivity index (χ0) is 57.3. The van der Waals surface area contributed by atoms with Gasteiger partial charge in [-0.05, 0) is 122 Å². The molecule has 0 saturated heterocycles. The number of halogens is 1. The molecule has 0 aliphatic heterocycles. The van der Waals surface area contributed by atoms with E-state index in [1.807, 2.05) is 92.8 Å². The first-order chi connectivity index (χ1) is 38.6. The van der Waals surface area contributed by atoms with Crippen LogP contribution in [0.1, 0.15) is 92.7 Å². The molecule has 12 rings (SSSR count). The van der Waals surface area contributed by atoms with Gasteiger partial charge in [0.05, 0.1) is 30.5 Å². The van der Waals surface area contributed by atoms with Crippen LogP contribution in [-0.2, 0) is 20.1 Å². The van der Waals surface area contributed by atoms with Crippen molar-refractivity contribution in [2.75, 3.05) is 0 Å². The van der Waals surface area contributed by atoms with E-state index in [0.717, 1.165) is 82.9 Å². The van der Waals surface area contributed by atoms with Gasteiger partial charge >= 0.3 is 0 Å². The summed E-state index contributed by atoms with van der Waals surface area (Å²) in [6.45, 7) is 17.1. The van der Waals surface area contributed by atoms with Gasteiger partial charge in [0.1, 0.15) is 11.8 Å². The molecular weight excluding hydrogens is 1150 g/mol. The summed E-state index contributed by atoms with van der Waals surface area (Å²) in [5.74, 6) is -0.199. The van der Waals surface area contributed by atoms with Crippen LogP contribution in [0.3, 0.4) is 0 Å². The molecule has 0 amide bonds. The number of aromatic nitrogens is 4. The molecule has 0 fully saturated rings. The second-order valence-electron chi connectivity index (χ2n) is 21.7. The van der Waals surface area contributed by atoms with Crippen molar-refractivity contribution in [3.63, 3.8) is 0 Å². The van der Waals surface area contributed by atoms with Gasteiger partial charge in [0.2, 0.25) is 5.71 Å². The van der Waals surface area contributed by atoms with Gasteiger partial charge in [-0.1, -0.05) is 180 Å². The first-order valence-electron chi connectivity index (χ1n) is 28.1. The standard InChI is InChI=1S/C46H35N4O.C23H25FNSi.Ir/c1-26(2)38-23-33(32-16-15-29-9-6-7-10-31(29)22-32)24-39(27(3)4)42(38)50-43-40-21-28(5)13-14-30(40)17-20-41(43)49-45(50)37-12-8-11-35-36-19-18-34(25-47)48-46(36)51-44(35)37;1-16(2)19-14-22(25-15-23(19)26(3,4)5)18-11-12-21(24)20(13-18)17-9-7-6-8-10-17;/h6-11,13-24,26-27H,1-5H3;6-10,12-16H,1-5H3;/q2*-1;/i5D3;16D;. The molecule has 8 aromatic carbocycles. The Labute approximate surface area is 476 Å². The number of furan rings is 1. The first-order valence-corrected chi connectivity index (χ1v) is 29.6. The van der Waals surface area contributed by atoms with Crippen molar-refractivity contribution in [2.45, 2.75) is 85.8 Å². The quantitative estimate of drug-likeness (QED) is 0.106. The summed E-state index contributed by atoms with van der Waals surface area (Å²) in [4.78, 5) is 14.5. The molecule has 0 bridgehead atoms. The Morgan fingerprint density at radius 1 is 0.692 bits per heavy atom. The molecular formula is C69H60FIrN5OSi-2. The average Bonchev–Trinajstić information content (AvgIpc) is 4.25. The van der Waals surface area contributed by atoms with E-state index in [1.165, 1.54) is 22.0 Å². The normalized spacial score (nSPS) is 12.8. The van der Waals surface area contributed by atoms with Crippen LogP contribution in [0.25, 0.3) is 105 Å². The molecule has 0 aliphatic rings. The monoisotopic (exact) mass is 1220 g/mol. The maximum atomic E-state index is 14.4. The summed E-state index contributed by atoms with van der Waals surface area (Å²) in [7, 11) is -1.64. The van der Waals surface area contributed by atoms with Crippen molar-refractivity contribution in [2.24, 2.45) is 0 Å². The third-order valence-corrected chi connectivity index (χ3v) is 16.5. The Bertz CT molecular complexity index is 4440. The molecule has 0 N–H and O–H groups in total. The molecule has 0 atom stereocenters. The second kappa shape index (κ2) is 21.5. The van der Waals surface area contributed by atoms with Gasteiger partial charge in [0.25, 0.3) is 0 Å². The SMILES string of the molecule is [2H]C(C)(C)c1cc(-c2[c-]cc(F)c(-c3ccccc3)c2)ncc1[Si](C)(C)C.[2H]C([2H])([2H])c1ccc2ccc3nc(-c4[c-]ccc5c4oc4nc(C#N)ccc45)n(-c4c(C(C)C)cc(-c5ccc6ccccc6c5)cc4C(C)C)c3c2c1.[Ir]. The van der Waals surface area contributed by atoms with E-state index >= 15 is 0 Å². The fourth-order valence-electron chi connectivity index (χ4n) is 10.6. The van der Waals surface area contributed by atoms with E-state index < -0.39 is 20.8 Å². The fraction of sp³-hybridized carbons (Fsp3) is 0.188. The molecule has 9 heteroatoms. The summed E-state index contributed by atoms with van der Waals surface area (Å²) < 4.78 is 56.5. The smallest absolute Gasteiger partial charge is 0.217 e. The second-order valence-corrected chi connectivity index (χ2v) is 26.8. The van der Waals surface area contributed by atoms with Crippen LogP contribution in [0.4, 0.5) is 4.39 Å². The Morgan fingerprint density at radius 3 is 2.12 bits per heavy atom. The summed E-state index contributed by atoms with van der Waals surface area (Å²) in [5.41, 5.74) is 13.0. The number of hydrogen-bond donors (Lipinski definition) is 0. The Hall–Kier alpha value is -7.86. The van der Waals surface area contributed by atoms with Gasteiger partial charge in [-0.15, -0.1) is 42.0 Å². The van der Waals surface area contributed by atoms with Crippen LogP contribution < -0.4 is 5.19 Å². The number of nitrogens with zero attached hydrogens (tertiary/aromatic N) is 5. The van der Waals surface area contributed by atoms with Gasteiger partial charge in [-0.25, -0.2) is 4.98 Å². The number of benzene rings is 8. The van der Waals surface area contributed by atoms with Crippen LogP contribution in [0.15, 0.2) is 168 Å². The molecule has 4 heterocycles. The number of aryl methyl sites for hydroxylation is 1. The maximum absolute atomic E-state index is 14.4. The Morgan fingerprint density at radius 2 is 1.41 bits per heavy atom. The summed E-state index contributed by atoms with van der Waals surface area (Å²) in [5, 5.41) is 16.5. The van der Waals surface area contributed by atoms with Gasteiger partial charge in [-0.2, -0.15) is 5.26 Å². The summed E-state index contributed by atoms with van der Waals surface area (Å²) >= 11 is 0. The number of hydrogen-bond acceptors (Lipinski definition) is 5. The van der Waals surface area contributed by atoms with E-state index in [9.17, 15) is 9.65 Å². The van der Waals surface area contributed by atoms with Crippen LogP contribution in [0.5, 0.6) is 0 Å². The zero-order valence-corrected chi connectivity index (χ0v) is 48.5. The maximum Gasteiger partial charge on any atom is 0.217 e. The minimum atomic E-state index is -2.29. The Kier molecular flexibility index (Phi) is 13.4. The van der Waals surface area contributed by atoms with Gasteiger partial charge in [0.15, 0.2) is 0 Å². The van der Waals surface area contributed by atoms with Crippen LogP contribution >= 0.6 is 0 Å². The van der Waals surface area contributed by atoms with Gasteiger partial charge in [-0.3, -0.25) is 9.37 Å². The summed E-state index contributed by atoms with van der Waals surface area (Å²) in [6.07, 6.45) is 1.91. The minimum Gasteiger partial charge on any atom is -0.486 e. The minimum absolute atomic E-state index is 0. The van der Waals surface area contributed by atoms with Gasteiger partial charge in [0, 0.05) is 54.1 Å². The largest absolute Gasteiger partial charge is 0.486 e. The molecule has 78 heavy (non-hydrogen) atoms. The third kappa shape index (κ3) is 10.0. The van der Waals surface area contributed by atoms with Crippen molar-refractivity contribution in [3.05, 3.63) is 210 Å². The van der Waals surface area contributed by atoms with E-state index in [1.54, 1.807) is 24.3 Å². The van der Waals surface area contributed by atoms with Crippen molar-refractivity contribution < 1.29 is 34.4 Å². The van der Waals surface area contributed by atoms with E-state index in [2.05, 4.69) is 135 Å². The predicted molar refractivity (Wildman–Crippen MR) is 319 cm³/mol. The van der Waals surface area contributed by atoms with Crippen molar-refractivity contribution >= 4 is 67.9 Å². The molecule has 6 nitrogen and oxygen atoms in total. The van der Waals surface area contributed by atoms with Gasteiger partial charge < -0.3 is 14.0 Å². The van der Waals surface area contributed by atoms with E-state index in [0.29, 0.717) is 28.2 Å². The zero-order valence-electron chi connectivity index (χ0n) is 49.1. The number of rotatable bonds is 9. The van der Waals surface area contributed by atoms with Crippen molar-refractivity contribution in [1.29, 1.82) is 5.26 Å². The summed E-state index contributed by atoms with van der Waals surface area (Å²) in [6, 6.07) is 59.6. The van der Waals surface area contributed by atoms with Crippen molar-refractivity contribution in [1.82, 2.24) is 19.5 Å². The average molecular weight is 1220 g/mol. The number of pyridine rings is 2. The number of nitriles is 1. The first kappa shape index (κ1) is 48.5. The molecule has 0 spiro atoms. The van der Waals surface area contributed by atoms with Crippen molar-refractivity contribution in [3.8, 4) is 56.7 Å². The van der Waals surface area contributed by atoms with Crippen LogP contribution in [-0.4, -0.2) is 27.6 Å². The molecule has 0 saturated carbocycles. The van der Waals surface area contributed by atoms with E-state index in [4.69, 9.17) is 14.9 Å². The number of imidazole rings is 1. The molecule has 4 aromatic heterocycles. The molecule has 1 radical (unpaired) electrons. The molecule has 389 valence electrons.